The van der Waals surface area contributed by atoms with Gasteiger partial charge in [0.1, 0.15) is 23.5 Å². The number of hydrogen-bond acceptors (Lipinski definition) is 15. The van der Waals surface area contributed by atoms with E-state index in [2.05, 4.69) is 50.1 Å². The molecule has 10 unspecified atom stereocenters. The van der Waals surface area contributed by atoms with E-state index in [-0.39, 0.29) is 48.4 Å². The molecule has 0 bridgehead atoms. The predicted octanol–water partition coefficient (Wildman–Crippen LogP) is 5.14. The van der Waals surface area contributed by atoms with Crippen LogP contribution in [0.2, 0.25) is 5.15 Å². The number of carbonyl (C=O) groups excluding carboxylic acids is 2. The van der Waals surface area contributed by atoms with Gasteiger partial charge in [-0.1, -0.05) is 53.1 Å². The number of carbonyl (C=O) groups is 2. The summed E-state index contributed by atoms with van der Waals surface area (Å²) in [4.78, 5) is 33.1. The largest absolute Gasteiger partial charge is 0.462 e. The summed E-state index contributed by atoms with van der Waals surface area (Å²) in [6, 6.07) is 3.05. The molecule has 1 amide bonds. The zero-order valence-electron chi connectivity index (χ0n) is 42.5. The number of aromatic nitrogens is 1. The van der Waals surface area contributed by atoms with Gasteiger partial charge in [-0.2, -0.15) is 0 Å². The van der Waals surface area contributed by atoms with E-state index in [0.29, 0.717) is 56.2 Å². The summed E-state index contributed by atoms with van der Waals surface area (Å²) in [5.74, 6) is -1.47. The van der Waals surface area contributed by atoms with Crippen LogP contribution in [0.3, 0.4) is 0 Å². The average Bonchev–Trinajstić information content (AvgIpc) is 3.25. The van der Waals surface area contributed by atoms with Crippen molar-refractivity contribution in [3.63, 3.8) is 0 Å². The van der Waals surface area contributed by atoms with E-state index in [1.54, 1.807) is 26.0 Å². The Bertz CT molecular complexity index is 1500. The molecule has 3 saturated heterocycles. The fraction of sp³-hybridized carbons (Fsp3) is 0.854. The second-order valence-corrected chi connectivity index (χ2v) is 19.4. The van der Waals surface area contributed by atoms with Crippen molar-refractivity contribution in [3.05, 3.63) is 29.0 Å². The smallest absolute Gasteiger partial charge is 0.311 e. The zero-order chi connectivity index (χ0) is 50.0. The van der Waals surface area contributed by atoms with Crippen molar-refractivity contribution >= 4 is 23.5 Å². The SMILES string of the molecule is CC.CC1CC(N(C)C)CC(O[C@@H]2[C@@H](C)[C@H](O[C@H]3CC(C)[C@@H](C)C(C)O3)C(C)C(=O)OCC(C)(O)C(O)C(C)N(C)C[C@H](C)CC2(C)O)O1.CO.O=C(NCCCO)c1cccnc1Cl. The standard InChI is InChI=1S/C36H68N2O9.C9H11ClN2O2.C2H6.CH4O/c1-20-17-35(9,41)33(47-30-16-28(37(11)12)15-22(3)44-30)24(5)31(46-29-14-21(2)23(4)27(8)45-29)25(6)34(40)43-19-36(10,42)32(39)26(7)38(13)18-20;10-8-7(3-1-4-11-8)9(14)12-5-2-6-13;2*1-2/h20-33,39,41-42H,14-19H2,1-13H3;1,3-4,13H,2,5-6H2,(H,12,14);1-2H3;2H,1H3/t20-,21?,22?,23-,24+,25?,26?,27?,28?,29+,30?,31+,32?,33-,35?,36?;;;/m1.../s1. The number of rotatable bonds is 9. The van der Waals surface area contributed by atoms with Crippen LogP contribution in [0.25, 0.3) is 0 Å². The second kappa shape index (κ2) is 29.1. The Kier molecular flexibility index (Phi) is 27.3. The van der Waals surface area contributed by atoms with Gasteiger partial charge in [0.25, 0.3) is 5.91 Å². The molecule has 6 N–H and O–H groups in total. The molecular formula is C48H89ClN4O12. The van der Waals surface area contributed by atoms with Gasteiger partial charge < -0.3 is 64.3 Å². The minimum absolute atomic E-state index is 0.0155. The lowest BCUT2D eigenvalue weighted by molar-refractivity contribution is -0.287. The van der Waals surface area contributed by atoms with E-state index < -0.39 is 65.9 Å². The highest BCUT2D eigenvalue weighted by Crippen LogP contribution is 2.39. The summed E-state index contributed by atoms with van der Waals surface area (Å²) in [6.07, 6.45) is 0.692. The van der Waals surface area contributed by atoms with E-state index >= 15 is 0 Å². The van der Waals surface area contributed by atoms with Gasteiger partial charge in [0, 0.05) is 63.8 Å². The predicted molar refractivity (Wildman–Crippen MR) is 253 cm³/mol. The maximum absolute atomic E-state index is 13.8. The first-order valence-corrected chi connectivity index (χ1v) is 24.0. The molecule has 4 rings (SSSR count). The number of pyridine rings is 1. The molecule has 1 aromatic heterocycles. The molecule has 3 fully saturated rings. The molecular weight excluding hydrogens is 860 g/mol. The lowest BCUT2D eigenvalue weighted by Crippen LogP contribution is -2.56. The molecule has 0 aliphatic carbocycles. The number of cyclic esters (lactones) is 1. The van der Waals surface area contributed by atoms with Crippen LogP contribution in [0, 0.1) is 29.6 Å². The maximum Gasteiger partial charge on any atom is 0.311 e. The minimum Gasteiger partial charge on any atom is -0.462 e. The fourth-order valence-corrected chi connectivity index (χ4v) is 9.12. The van der Waals surface area contributed by atoms with Gasteiger partial charge in [-0.3, -0.25) is 9.59 Å². The molecule has 0 radical (unpaired) electrons. The molecule has 65 heavy (non-hydrogen) atoms. The molecule has 17 heteroatoms. The third-order valence-corrected chi connectivity index (χ3v) is 13.4. The number of ether oxygens (including phenoxy) is 5. The third-order valence-electron chi connectivity index (χ3n) is 13.1. The molecule has 0 saturated carbocycles. The molecule has 1 aromatic rings. The van der Waals surface area contributed by atoms with Crippen LogP contribution < -0.4 is 5.32 Å². The topological polar surface area (TPSA) is 213 Å². The highest BCUT2D eigenvalue weighted by molar-refractivity contribution is 6.32. The van der Waals surface area contributed by atoms with Gasteiger partial charge in [0.15, 0.2) is 12.6 Å². The van der Waals surface area contributed by atoms with Crippen molar-refractivity contribution in [1.82, 2.24) is 20.1 Å². The van der Waals surface area contributed by atoms with E-state index in [1.807, 2.05) is 53.5 Å². The van der Waals surface area contributed by atoms with Gasteiger partial charge >= 0.3 is 5.97 Å². The number of amides is 1. The highest BCUT2D eigenvalue weighted by Gasteiger charge is 2.49. The summed E-state index contributed by atoms with van der Waals surface area (Å²) in [7, 11) is 6.99. The van der Waals surface area contributed by atoms with Crippen molar-refractivity contribution in [3.8, 4) is 0 Å². The first-order valence-electron chi connectivity index (χ1n) is 23.6. The lowest BCUT2D eigenvalue weighted by atomic mass is 9.77. The molecule has 4 heterocycles. The molecule has 16 nitrogen and oxygen atoms in total. The summed E-state index contributed by atoms with van der Waals surface area (Å²) in [5, 5.41) is 53.1. The lowest BCUT2D eigenvalue weighted by Gasteiger charge is -2.46. The number of nitrogens with zero attached hydrogens (tertiary/aromatic N) is 3. The Hall–Kier alpha value is -2.06. The van der Waals surface area contributed by atoms with Crippen molar-refractivity contribution < 1.29 is 58.8 Å². The Morgan fingerprint density at radius 2 is 1.58 bits per heavy atom. The monoisotopic (exact) mass is 949 g/mol. The van der Waals surface area contributed by atoms with Crippen molar-refractivity contribution in [2.45, 2.75) is 182 Å². The van der Waals surface area contributed by atoms with Gasteiger partial charge in [0.05, 0.1) is 41.5 Å². The summed E-state index contributed by atoms with van der Waals surface area (Å²) in [5.41, 5.74) is -2.68. The van der Waals surface area contributed by atoms with Crippen LogP contribution in [-0.2, 0) is 28.5 Å². The van der Waals surface area contributed by atoms with Crippen LogP contribution in [-0.4, -0.2) is 173 Å². The Morgan fingerprint density at radius 1 is 0.969 bits per heavy atom. The van der Waals surface area contributed by atoms with Crippen LogP contribution in [0.5, 0.6) is 0 Å². The molecule has 380 valence electrons. The molecule has 16 atom stereocenters. The first-order chi connectivity index (χ1) is 30.4. The van der Waals surface area contributed by atoms with Crippen LogP contribution in [0.15, 0.2) is 18.3 Å². The van der Waals surface area contributed by atoms with Crippen LogP contribution in [0.4, 0.5) is 0 Å². The van der Waals surface area contributed by atoms with Crippen LogP contribution >= 0.6 is 11.6 Å². The number of halogens is 1. The van der Waals surface area contributed by atoms with Gasteiger partial charge in [-0.15, -0.1) is 0 Å². The first kappa shape index (κ1) is 61.0. The Morgan fingerprint density at radius 3 is 2.15 bits per heavy atom. The van der Waals surface area contributed by atoms with Gasteiger partial charge in [0.2, 0.25) is 0 Å². The van der Waals surface area contributed by atoms with Crippen molar-refractivity contribution in [2.24, 2.45) is 29.6 Å². The fourth-order valence-electron chi connectivity index (χ4n) is 8.92. The third kappa shape index (κ3) is 18.8. The minimum atomic E-state index is -1.68. The second-order valence-electron chi connectivity index (χ2n) is 19.0. The van der Waals surface area contributed by atoms with Gasteiger partial charge in [-0.25, -0.2) is 4.98 Å². The highest BCUT2D eigenvalue weighted by atomic mass is 35.5. The number of aliphatic hydroxyl groups is 5. The quantitative estimate of drug-likeness (QED) is 0.108. The van der Waals surface area contributed by atoms with E-state index in [4.69, 9.17) is 45.5 Å². The van der Waals surface area contributed by atoms with Gasteiger partial charge in [-0.05, 0) is 112 Å². The average molecular weight is 950 g/mol. The summed E-state index contributed by atoms with van der Waals surface area (Å²) >= 11 is 5.71. The number of nitrogens with one attached hydrogen (secondary N) is 1. The van der Waals surface area contributed by atoms with Crippen molar-refractivity contribution in [2.75, 3.05) is 54.6 Å². The number of esters is 1. The van der Waals surface area contributed by atoms with Crippen LogP contribution in [0.1, 0.15) is 126 Å². The Labute approximate surface area is 396 Å². The number of likely N-dealkylation sites (N-methyl/N-ethyl adjacent to an activating group) is 1. The molecule has 0 spiro atoms. The molecule has 0 aromatic carbocycles. The van der Waals surface area contributed by atoms with Crippen molar-refractivity contribution in [1.29, 1.82) is 0 Å². The van der Waals surface area contributed by atoms with E-state index in [9.17, 15) is 24.9 Å². The summed E-state index contributed by atoms with van der Waals surface area (Å²) in [6.45, 7) is 24.0. The zero-order valence-corrected chi connectivity index (χ0v) is 43.2. The maximum atomic E-state index is 13.8. The number of hydrogen-bond donors (Lipinski definition) is 6. The summed E-state index contributed by atoms with van der Waals surface area (Å²) < 4.78 is 31.9. The van der Waals surface area contributed by atoms with E-state index in [1.165, 1.54) is 13.1 Å². The molecule has 3 aliphatic rings. The number of aliphatic hydroxyl groups excluding tert-OH is 3. The normalized spacial score (nSPS) is 37.6. The Balaban J connectivity index is 0.000000984. The molecule has 3 aliphatic heterocycles. The van der Waals surface area contributed by atoms with E-state index in [0.717, 1.165) is 13.5 Å².